The first-order chi connectivity index (χ1) is 10.6. The zero-order valence-corrected chi connectivity index (χ0v) is 15.0. The zero-order chi connectivity index (χ0) is 17.3. The molecule has 134 valence electrons. The van der Waals surface area contributed by atoms with Gasteiger partial charge in [-0.3, -0.25) is 0 Å². The van der Waals surface area contributed by atoms with Crippen molar-refractivity contribution in [2.45, 2.75) is 45.3 Å². The monoisotopic (exact) mass is 348 g/mol. The number of hydrogen-bond acceptors (Lipinski definition) is 5. The maximum absolute atomic E-state index is 12.7. The SMILES string of the molecule is CC(C)(C)OC(=O)N1CCN(S(=O)(=O)N2CCCC2)C(CN)C1. The van der Waals surface area contributed by atoms with Crippen LogP contribution in [0.1, 0.15) is 33.6 Å². The molecule has 2 fully saturated rings. The van der Waals surface area contributed by atoms with Gasteiger partial charge in [0.05, 0.1) is 6.04 Å². The highest BCUT2D eigenvalue weighted by atomic mass is 32.2. The fraction of sp³-hybridized carbons (Fsp3) is 0.929. The highest BCUT2D eigenvalue weighted by Crippen LogP contribution is 2.22. The Balaban J connectivity index is 2.05. The van der Waals surface area contributed by atoms with Gasteiger partial charge in [-0.25, -0.2) is 4.79 Å². The van der Waals surface area contributed by atoms with E-state index >= 15 is 0 Å². The van der Waals surface area contributed by atoms with E-state index in [0.717, 1.165) is 12.8 Å². The Morgan fingerprint density at radius 1 is 1.17 bits per heavy atom. The molecule has 0 spiro atoms. The topological polar surface area (TPSA) is 96.2 Å². The van der Waals surface area contributed by atoms with Crippen LogP contribution >= 0.6 is 0 Å². The Hall–Kier alpha value is -0.900. The number of ether oxygens (including phenoxy) is 1. The van der Waals surface area contributed by atoms with Crippen molar-refractivity contribution in [3.05, 3.63) is 0 Å². The Morgan fingerprint density at radius 3 is 2.30 bits per heavy atom. The first-order valence-corrected chi connectivity index (χ1v) is 9.50. The second-order valence-electron chi connectivity index (χ2n) is 7.04. The van der Waals surface area contributed by atoms with Crippen molar-refractivity contribution in [1.29, 1.82) is 0 Å². The van der Waals surface area contributed by atoms with Crippen molar-refractivity contribution >= 4 is 16.3 Å². The molecule has 0 radical (unpaired) electrons. The van der Waals surface area contributed by atoms with Crippen molar-refractivity contribution in [3.63, 3.8) is 0 Å². The molecule has 0 saturated carbocycles. The van der Waals surface area contributed by atoms with E-state index in [9.17, 15) is 13.2 Å². The number of amides is 1. The second-order valence-corrected chi connectivity index (χ2v) is 8.92. The zero-order valence-electron chi connectivity index (χ0n) is 14.2. The van der Waals surface area contributed by atoms with Gasteiger partial charge < -0.3 is 15.4 Å². The molecule has 2 rings (SSSR count). The van der Waals surface area contributed by atoms with Crippen LogP contribution in [0.15, 0.2) is 0 Å². The molecular formula is C14H28N4O4S. The number of hydrogen-bond donors (Lipinski definition) is 1. The predicted octanol–water partition coefficient (Wildman–Crippen LogP) is 0.207. The van der Waals surface area contributed by atoms with Crippen LogP contribution in [-0.2, 0) is 14.9 Å². The lowest BCUT2D eigenvalue weighted by atomic mass is 10.2. The van der Waals surface area contributed by atoms with E-state index in [0.29, 0.717) is 19.6 Å². The van der Waals surface area contributed by atoms with Gasteiger partial charge in [0.15, 0.2) is 0 Å². The maximum Gasteiger partial charge on any atom is 0.410 e. The molecule has 1 unspecified atom stereocenters. The molecule has 0 aromatic carbocycles. The van der Waals surface area contributed by atoms with Crippen LogP contribution in [0.3, 0.4) is 0 Å². The summed E-state index contributed by atoms with van der Waals surface area (Å²) in [6.07, 6.45) is 1.36. The average molecular weight is 348 g/mol. The highest BCUT2D eigenvalue weighted by molar-refractivity contribution is 7.86. The summed E-state index contributed by atoms with van der Waals surface area (Å²) in [7, 11) is -3.50. The fourth-order valence-corrected chi connectivity index (χ4v) is 4.75. The Kier molecular flexibility index (Phi) is 5.55. The van der Waals surface area contributed by atoms with Gasteiger partial charge in [0, 0.05) is 39.3 Å². The molecule has 2 aliphatic heterocycles. The number of carbonyl (C=O) groups is 1. The Bertz CT molecular complexity index is 525. The summed E-state index contributed by atoms with van der Waals surface area (Å²) >= 11 is 0. The Morgan fingerprint density at radius 2 is 1.78 bits per heavy atom. The molecule has 23 heavy (non-hydrogen) atoms. The highest BCUT2D eigenvalue weighted by Gasteiger charge is 2.40. The molecule has 2 heterocycles. The molecule has 0 aromatic heterocycles. The van der Waals surface area contributed by atoms with Gasteiger partial charge in [-0.1, -0.05) is 0 Å². The number of rotatable bonds is 3. The van der Waals surface area contributed by atoms with Crippen LogP contribution in [0.5, 0.6) is 0 Å². The molecular weight excluding hydrogens is 320 g/mol. The third-order valence-electron chi connectivity index (χ3n) is 4.04. The van der Waals surface area contributed by atoms with Crippen LogP contribution in [0.2, 0.25) is 0 Å². The molecule has 2 N–H and O–H groups in total. The molecule has 2 saturated heterocycles. The van der Waals surface area contributed by atoms with Gasteiger partial charge in [0.25, 0.3) is 10.2 Å². The van der Waals surface area contributed by atoms with Gasteiger partial charge >= 0.3 is 6.09 Å². The van der Waals surface area contributed by atoms with E-state index in [1.165, 1.54) is 8.61 Å². The molecule has 8 nitrogen and oxygen atoms in total. The summed E-state index contributed by atoms with van der Waals surface area (Å²) in [5, 5.41) is 0. The minimum atomic E-state index is -3.50. The van der Waals surface area contributed by atoms with Crippen LogP contribution in [0, 0.1) is 0 Å². The minimum Gasteiger partial charge on any atom is -0.444 e. The molecule has 2 aliphatic rings. The molecule has 9 heteroatoms. The lowest BCUT2D eigenvalue weighted by Crippen LogP contribution is -2.61. The Labute approximate surface area is 138 Å². The number of piperazine rings is 1. The van der Waals surface area contributed by atoms with Crippen molar-refractivity contribution in [2.24, 2.45) is 5.73 Å². The summed E-state index contributed by atoms with van der Waals surface area (Å²) in [6, 6.07) is -0.415. The number of nitrogens with zero attached hydrogens (tertiary/aromatic N) is 3. The van der Waals surface area contributed by atoms with Gasteiger partial charge in [-0.2, -0.15) is 17.0 Å². The van der Waals surface area contributed by atoms with Crippen molar-refractivity contribution in [3.8, 4) is 0 Å². The van der Waals surface area contributed by atoms with Crippen LogP contribution in [0.4, 0.5) is 4.79 Å². The summed E-state index contributed by atoms with van der Waals surface area (Å²) in [4.78, 5) is 13.7. The van der Waals surface area contributed by atoms with Crippen LogP contribution < -0.4 is 5.73 Å². The first kappa shape index (κ1) is 18.4. The fourth-order valence-electron chi connectivity index (χ4n) is 2.89. The normalized spacial score (nSPS) is 24.9. The van der Waals surface area contributed by atoms with E-state index in [2.05, 4.69) is 0 Å². The van der Waals surface area contributed by atoms with Crippen molar-refractivity contribution in [1.82, 2.24) is 13.5 Å². The minimum absolute atomic E-state index is 0.173. The number of nitrogens with two attached hydrogens (primary N) is 1. The lowest BCUT2D eigenvalue weighted by Gasteiger charge is -2.41. The molecule has 0 aliphatic carbocycles. The smallest absolute Gasteiger partial charge is 0.410 e. The van der Waals surface area contributed by atoms with Gasteiger partial charge in [-0.05, 0) is 33.6 Å². The molecule has 1 atom stereocenters. The summed E-state index contributed by atoms with van der Waals surface area (Å²) in [5.41, 5.74) is 5.20. The number of carbonyl (C=O) groups excluding carboxylic acids is 1. The molecule has 1 amide bonds. The maximum atomic E-state index is 12.7. The van der Waals surface area contributed by atoms with Crippen LogP contribution in [0.25, 0.3) is 0 Å². The van der Waals surface area contributed by atoms with E-state index in [4.69, 9.17) is 10.5 Å². The second kappa shape index (κ2) is 6.92. The summed E-state index contributed by atoms with van der Waals surface area (Å²) < 4.78 is 33.8. The third kappa shape index (κ3) is 4.34. The van der Waals surface area contributed by atoms with E-state index in [1.54, 1.807) is 25.7 Å². The quantitative estimate of drug-likeness (QED) is 0.786. The molecule has 0 bridgehead atoms. The van der Waals surface area contributed by atoms with E-state index in [-0.39, 0.29) is 19.6 Å². The van der Waals surface area contributed by atoms with Crippen LogP contribution in [-0.4, -0.2) is 78.9 Å². The van der Waals surface area contributed by atoms with Crippen molar-refractivity contribution < 1.29 is 17.9 Å². The summed E-state index contributed by atoms with van der Waals surface area (Å²) in [5.74, 6) is 0. The van der Waals surface area contributed by atoms with Gasteiger partial charge in [-0.15, -0.1) is 0 Å². The summed E-state index contributed by atoms with van der Waals surface area (Å²) in [6.45, 7) is 7.54. The standard InChI is InChI=1S/C14H28N4O4S/c1-14(2,3)22-13(19)16-8-9-18(12(10-15)11-16)23(20,21)17-6-4-5-7-17/h12H,4-11,15H2,1-3H3. The van der Waals surface area contributed by atoms with Gasteiger partial charge in [0.2, 0.25) is 0 Å². The van der Waals surface area contributed by atoms with E-state index in [1.807, 2.05) is 0 Å². The third-order valence-corrected chi connectivity index (χ3v) is 6.13. The predicted molar refractivity (Wildman–Crippen MR) is 87.1 cm³/mol. The largest absolute Gasteiger partial charge is 0.444 e. The van der Waals surface area contributed by atoms with E-state index < -0.39 is 27.9 Å². The van der Waals surface area contributed by atoms with Crippen molar-refractivity contribution in [2.75, 3.05) is 39.3 Å². The first-order valence-electron chi connectivity index (χ1n) is 8.10. The molecule has 0 aromatic rings. The van der Waals surface area contributed by atoms with Gasteiger partial charge in [0.1, 0.15) is 5.60 Å². The lowest BCUT2D eigenvalue weighted by molar-refractivity contribution is 0.0133. The average Bonchev–Trinajstić information content (AvgIpc) is 2.99.